The van der Waals surface area contributed by atoms with Crippen LogP contribution in [-0.2, 0) is 6.54 Å². The molecule has 1 aromatic heterocycles. The minimum Gasteiger partial charge on any atom is -0.470 e. The molecule has 0 fully saturated rings. The first-order chi connectivity index (χ1) is 6.66. The predicted molar refractivity (Wildman–Crippen MR) is 59.9 cm³/mol. The average molecular weight is 211 g/mol. The van der Waals surface area contributed by atoms with Crippen molar-refractivity contribution in [2.24, 2.45) is 5.41 Å². The zero-order valence-electron chi connectivity index (χ0n) is 10.5. The number of rotatable bonds is 2. The van der Waals surface area contributed by atoms with Crippen molar-refractivity contribution in [3.8, 4) is 5.88 Å². The molecule has 0 aromatic carbocycles. The fraction of sp³-hybridized carbons (Fsp3) is 0.818. The topological polar surface area (TPSA) is 39.9 Å². The van der Waals surface area contributed by atoms with Gasteiger partial charge in [-0.15, -0.1) is 0 Å². The largest absolute Gasteiger partial charge is 0.470 e. The summed E-state index contributed by atoms with van der Waals surface area (Å²) in [6, 6.07) is 0. The van der Waals surface area contributed by atoms with E-state index in [1.807, 2.05) is 31.6 Å². The van der Waals surface area contributed by atoms with Crippen molar-refractivity contribution in [2.75, 3.05) is 0 Å². The molecule has 15 heavy (non-hydrogen) atoms. The molecule has 0 aliphatic heterocycles. The standard InChI is InChI=1S/C11H21N3O/c1-10(2,3)8-14-7-9(12-13-14)15-11(4,5)6/h7H,8H2,1-6H3. The summed E-state index contributed by atoms with van der Waals surface area (Å²) in [6.45, 7) is 13.3. The molecule has 0 saturated carbocycles. The fourth-order valence-electron chi connectivity index (χ4n) is 1.20. The van der Waals surface area contributed by atoms with E-state index in [1.54, 1.807) is 0 Å². The molecule has 4 nitrogen and oxygen atoms in total. The highest BCUT2D eigenvalue weighted by atomic mass is 16.5. The highest BCUT2D eigenvalue weighted by Gasteiger charge is 2.16. The third-order valence-corrected chi connectivity index (χ3v) is 1.56. The van der Waals surface area contributed by atoms with E-state index in [9.17, 15) is 0 Å². The third-order valence-electron chi connectivity index (χ3n) is 1.56. The van der Waals surface area contributed by atoms with Gasteiger partial charge in [-0.3, -0.25) is 0 Å². The van der Waals surface area contributed by atoms with Crippen molar-refractivity contribution >= 4 is 0 Å². The van der Waals surface area contributed by atoms with E-state index >= 15 is 0 Å². The van der Waals surface area contributed by atoms with Gasteiger partial charge < -0.3 is 4.74 Å². The molecule has 0 amide bonds. The van der Waals surface area contributed by atoms with E-state index in [0.29, 0.717) is 5.88 Å². The molecule has 1 rings (SSSR count). The van der Waals surface area contributed by atoms with Gasteiger partial charge in [0.15, 0.2) is 0 Å². The summed E-state index contributed by atoms with van der Waals surface area (Å²) >= 11 is 0. The van der Waals surface area contributed by atoms with Crippen LogP contribution in [0.5, 0.6) is 5.88 Å². The molecule has 0 N–H and O–H groups in total. The summed E-state index contributed by atoms with van der Waals surface area (Å²) in [5, 5.41) is 8.00. The molecule has 0 atom stereocenters. The lowest BCUT2D eigenvalue weighted by atomic mass is 9.97. The minimum atomic E-state index is -0.220. The molecule has 0 radical (unpaired) electrons. The first-order valence-corrected chi connectivity index (χ1v) is 5.25. The van der Waals surface area contributed by atoms with Gasteiger partial charge in [0.2, 0.25) is 0 Å². The number of ether oxygens (including phenoxy) is 1. The maximum Gasteiger partial charge on any atom is 0.253 e. The zero-order valence-corrected chi connectivity index (χ0v) is 10.5. The molecule has 1 heterocycles. The van der Waals surface area contributed by atoms with Gasteiger partial charge in [-0.2, -0.15) is 0 Å². The van der Waals surface area contributed by atoms with E-state index < -0.39 is 0 Å². The average Bonchev–Trinajstić information content (AvgIpc) is 2.28. The fourth-order valence-corrected chi connectivity index (χ4v) is 1.20. The molecule has 0 unspecified atom stereocenters. The van der Waals surface area contributed by atoms with Crippen molar-refractivity contribution in [3.05, 3.63) is 6.20 Å². The van der Waals surface area contributed by atoms with Crippen LogP contribution in [-0.4, -0.2) is 20.6 Å². The molecule has 86 valence electrons. The van der Waals surface area contributed by atoms with Gasteiger partial charge >= 0.3 is 0 Å². The Bertz CT molecular complexity index is 287. The molecule has 0 bridgehead atoms. The molecule has 1 aromatic rings. The zero-order chi connectivity index (χ0) is 11.7. The summed E-state index contributed by atoms with van der Waals surface area (Å²) in [5.74, 6) is 0.590. The number of aromatic nitrogens is 3. The third kappa shape index (κ3) is 4.81. The summed E-state index contributed by atoms with van der Waals surface area (Å²) < 4.78 is 7.42. The molecule has 0 saturated heterocycles. The van der Waals surface area contributed by atoms with Crippen molar-refractivity contribution in [1.82, 2.24) is 15.0 Å². The Balaban J connectivity index is 2.65. The number of hydrogen-bond donors (Lipinski definition) is 0. The Labute approximate surface area is 91.6 Å². The predicted octanol–water partition coefficient (Wildman–Crippen LogP) is 2.50. The van der Waals surface area contributed by atoms with Gasteiger partial charge in [0.05, 0.1) is 6.20 Å². The van der Waals surface area contributed by atoms with Gasteiger partial charge in [-0.05, 0) is 26.2 Å². The van der Waals surface area contributed by atoms with Crippen molar-refractivity contribution in [1.29, 1.82) is 0 Å². The van der Waals surface area contributed by atoms with Gasteiger partial charge in [0.25, 0.3) is 5.88 Å². The number of nitrogens with zero attached hydrogens (tertiary/aromatic N) is 3. The van der Waals surface area contributed by atoms with Crippen LogP contribution in [0.2, 0.25) is 0 Å². The SMILES string of the molecule is CC(C)(C)Cn1cc(OC(C)(C)C)nn1. The second-order valence-corrected chi connectivity index (χ2v) is 6.03. The Hall–Kier alpha value is -1.06. The second kappa shape index (κ2) is 3.83. The van der Waals surface area contributed by atoms with Crippen LogP contribution in [0.15, 0.2) is 6.20 Å². The lowest BCUT2D eigenvalue weighted by molar-refractivity contribution is 0.124. The quantitative estimate of drug-likeness (QED) is 0.754. The lowest BCUT2D eigenvalue weighted by Gasteiger charge is -2.18. The van der Waals surface area contributed by atoms with Crippen molar-refractivity contribution in [2.45, 2.75) is 53.7 Å². The van der Waals surface area contributed by atoms with Crippen LogP contribution in [0.3, 0.4) is 0 Å². The van der Waals surface area contributed by atoms with Crippen molar-refractivity contribution < 1.29 is 4.74 Å². The summed E-state index contributed by atoms with van der Waals surface area (Å²) in [5.41, 5.74) is -0.0186. The summed E-state index contributed by atoms with van der Waals surface area (Å²) in [6.07, 6.45) is 1.84. The van der Waals surface area contributed by atoms with Gasteiger partial charge in [0.1, 0.15) is 5.60 Å². The highest BCUT2D eigenvalue weighted by Crippen LogP contribution is 2.18. The highest BCUT2D eigenvalue weighted by molar-refractivity contribution is 5.01. The van der Waals surface area contributed by atoms with Gasteiger partial charge in [0, 0.05) is 6.54 Å². The molecule has 0 spiro atoms. The molecule has 0 aliphatic rings. The second-order valence-electron chi connectivity index (χ2n) is 6.03. The van der Waals surface area contributed by atoms with E-state index in [4.69, 9.17) is 4.74 Å². The van der Waals surface area contributed by atoms with Crippen LogP contribution in [0.1, 0.15) is 41.5 Å². The first-order valence-electron chi connectivity index (χ1n) is 5.25. The van der Waals surface area contributed by atoms with Crippen LogP contribution in [0, 0.1) is 5.41 Å². The molecule has 4 heteroatoms. The summed E-state index contributed by atoms with van der Waals surface area (Å²) in [4.78, 5) is 0. The maximum atomic E-state index is 5.60. The van der Waals surface area contributed by atoms with Crippen LogP contribution < -0.4 is 4.74 Å². The molecule has 0 aliphatic carbocycles. The smallest absolute Gasteiger partial charge is 0.253 e. The van der Waals surface area contributed by atoms with E-state index in [-0.39, 0.29) is 11.0 Å². The Morgan fingerprint density at radius 3 is 2.27 bits per heavy atom. The van der Waals surface area contributed by atoms with E-state index in [0.717, 1.165) is 6.54 Å². The number of hydrogen-bond acceptors (Lipinski definition) is 3. The Kier molecular flexibility index (Phi) is 3.07. The molecular weight excluding hydrogens is 190 g/mol. The Morgan fingerprint density at radius 1 is 1.20 bits per heavy atom. The van der Waals surface area contributed by atoms with Crippen LogP contribution in [0.25, 0.3) is 0 Å². The maximum absolute atomic E-state index is 5.60. The monoisotopic (exact) mass is 211 g/mol. The minimum absolute atomic E-state index is 0.201. The molecular formula is C11H21N3O. The lowest BCUT2D eigenvalue weighted by Crippen LogP contribution is -2.23. The van der Waals surface area contributed by atoms with E-state index in [1.165, 1.54) is 0 Å². The summed E-state index contributed by atoms with van der Waals surface area (Å²) in [7, 11) is 0. The van der Waals surface area contributed by atoms with Crippen LogP contribution >= 0.6 is 0 Å². The van der Waals surface area contributed by atoms with E-state index in [2.05, 4.69) is 31.1 Å². The van der Waals surface area contributed by atoms with Gasteiger partial charge in [-0.25, -0.2) is 4.68 Å². The normalized spacial score (nSPS) is 12.9. The van der Waals surface area contributed by atoms with Gasteiger partial charge in [-0.1, -0.05) is 31.1 Å². The first kappa shape index (κ1) is 12.0. The van der Waals surface area contributed by atoms with Crippen LogP contribution in [0.4, 0.5) is 0 Å². The van der Waals surface area contributed by atoms with Crippen molar-refractivity contribution in [3.63, 3.8) is 0 Å². The Morgan fingerprint density at radius 2 is 1.80 bits per heavy atom.